The van der Waals surface area contributed by atoms with Crippen molar-refractivity contribution in [2.24, 2.45) is 5.73 Å². The molecule has 2 aliphatic rings. The molecule has 11 heteroatoms. The Balaban J connectivity index is 1.45. The highest BCUT2D eigenvalue weighted by Crippen LogP contribution is 2.45. The van der Waals surface area contributed by atoms with Gasteiger partial charge in [0.2, 0.25) is 0 Å². The predicted octanol–water partition coefficient (Wildman–Crippen LogP) is 4.99. The molecule has 0 bridgehead atoms. The number of nitrogens with zero attached hydrogens (tertiary/aromatic N) is 5. The van der Waals surface area contributed by atoms with E-state index in [0.29, 0.717) is 34.7 Å². The number of fused-ring (bicyclic) bond motifs is 2. The lowest BCUT2D eigenvalue weighted by atomic mass is 9.97. The van der Waals surface area contributed by atoms with Crippen molar-refractivity contribution in [2.45, 2.75) is 69.8 Å². The van der Waals surface area contributed by atoms with Crippen molar-refractivity contribution in [3.8, 4) is 11.5 Å². The Kier molecular flexibility index (Phi) is 6.34. The molecule has 1 aromatic carbocycles. The molecule has 1 saturated carbocycles. The largest absolute Gasteiger partial charge is 0.408 e. The standard InChI is InChI=1S/C29H32F3N7O/c1-28(2,3)35-27(40)20-9-6-17-7-10-21(34-24(17)23(20)16-4-5-16)26-37-36-22-11-8-18(14-39(22)26)25(29(30,31)32)38-13-12-19(33)15-38/h6-11,14,16,19,25H,4-5,12-13,15,33H2,1-3H3,(H,35,40). The number of alkyl halides is 3. The minimum absolute atomic E-state index is 0.0933. The molecule has 210 valence electrons. The summed E-state index contributed by atoms with van der Waals surface area (Å²) in [5, 5.41) is 12.4. The topological polar surface area (TPSA) is 101 Å². The Labute approximate surface area is 229 Å². The van der Waals surface area contributed by atoms with Crippen LogP contribution in [0.4, 0.5) is 13.2 Å². The number of hydrogen-bond acceptors (Lipinski definition) is 6. The molecular weight excluding hydrogens is 519 g/mol. The molecule has 8 nitrogen and oxygen atoms in total. The molecule has 1 aliphatic carbocycles. The van der Waals surface area contributed by atoms with Crippen molar-refractivity contribution in [2.75, 3.05) is 13.1 Å². The Bertz CT molecular complexity index is 1600. The van der Waals surface area contributed by atoms with Crippen LogP contribution < -0.4 is 11.1 Å². The maximum Gasteiger partial charge on any atom is 0.408 e. The molecule has 40 heavy (non-hydrogen) atoms. The third kappa shape index (κ3) is 5.03. The van der Waals surface area contributed by atoms with Gasteiger partial charge >= 0.3 is 6.18 Å². The molecule has 2 unspecified atom stereocenters. The van der Waals surface area contributed by atoms with E-state index in [0.717, 1.165) is 23.8 Å². The van der Waals surface area contributed by atoms with Crippen LogP contribution in [0.5, 0.6) is 0 Å². The van der Waals surface area contributed by atoms with Gasteiger partial charge in [0.1, 0.15) is 11.7 Å². The molecule has 0 radical (unpaired) electrons. The fraction of sp³-hybridized carbons (Fsp3) is 0.448. The van der Waals surface area contributed by atoms with Crippen LogP contribution in [0, 0.1) is 0 Å². The predicted molar refractivity (Wildman–Crippen MR) is 146 cm³/mol. The number of rotatable bonds is 5. The van der Waals surface area contributed by atoms with E-state index in [2.05, 4.69) is 15.5 Å². The lowest BCUT2D eigenvalue weighted by molar-refractivity contribution is -0.183. The molecule has 0 spiro atoms. The third-order valence-corrected chi connectivity index (χ3v) is 7.52. The summed E-state index contributed by atoms with van der Waals surface area (Å²) in [7, 11) is 0. The van der Waals surface area contributed by atoms with E-state index in [-0.39, 0.29) is 36.5 Å². The number of nitrogens with one attached hydrogen (secondary N) is 1. The zero-order valence-electron chi connectivity index (χ0n) is 22.7. The molecule has 1 aliphatic heterocycles. The van der Waals surface area contributed by atoms with Crippen LogP contribution in [0.1, 0.15) is 73.5 Å². The fourth-order valence-electron chi connectivity index (χ4n) is 5.63. The first-order chi connectivity index (χ1) is 18.9. The number of hydrogen-bond donors (Lipinski definition) is 2. The van der Waals surface area contributed by atoms with E-state index in [4.69, 9.17) is 10.7 Å². The van der Waals surface area contributed by atoms with Crippen molar-refractivity contribution >= 4 is 22.5 Å². The van der Waals surface area contributed by atoms with Crippen molar-refractivity contribution in [1.82, 2.24) is 29.8 Å². The summed E-state index contributed by atoms with van der Waals surface area (Å²) in [4.78, 5) is 19.5. The summed E-state index contributed by atoms with van der Waals surface area (Å²) in [6, 6.07) is 8.36. The summed E-state index contributed by atoms with van der Waals surface area (Å²) in [5.74, 6) is 0.415. The van der Waals surface area contributed by atoms with Crippen molar-refractivity contribution in [1.29, 1.82) is 0 Å². The van der Waals surface area contributed by atoms with Gasteiger partial charge in [-0.05, 0) is 75.3 Å². The average Bonchev–Trinajstić information content (AvgIpc) is 3.49. The molecular formula is C29H32F3N7O. The van der Waals surface area contributed by atoms with E-state index in [1.165, 1.54) is 17.2 Å². The molecule has 6 rings (SSSR count). The quantitative estimate of drug-likeness (QED) is 0.363. The molecule has 1 saturated heterocycles. The van der Waals surface area contributed by atoms with Crippen molar-refractivity contribution in [3.05, 3.63) is 59.3 Å². The van der Waals surface area contributed by atoms with Crippen LogP contribution in [0.15, 0.2) is 42.6 Å². The van der Waals surface area contributed by atoms with E-state index in [1.54, 1.807) is 16.5 Å². The Morgan fingerprint density at radius 3 is 2.45 bits per heavy atom. The molecule has 3 aromatic heterocycles. The Morgan fingerprint density at radius 1 is 1.05 bits per heavy atom. The molecule has 4 aromatic rings. The number of benzene rings is 1. The summed E-state index contributed by atoms with van der Waals surface area (Å²) < 4.78 is 44.4. The van der Waals surface area contributed by atoms with E-state index in [1.807, 2.05) is 39.0 Å². The normalized spacial score (nSPS) is 19.4. The second-order valence-electron chi connectivity index (χ2n) is 12.0. The number of carbonyl (C=O) groups excluding carboxylic acids is 1. The van der Waals surface area contributed by atoms with Crippen LogP contribution in [-0.2, 0) is 0 Å². The van der Waals surface area contributed by atoms with E-state index < -0.39 is 17.8 Å². The number of aromatic nitrogens is 4. The summed E-state index contributed by atoms with van der Waals surface area (Å²) in [6.45, 7) is 6.26. The summed E-state index contributed by atoms with van der Waals surface area (Å²) in [6.07, 6.45) is -0.565. The first kappa shape index (κ1) is 26.6. The van der Waals surface area contributed by atoms with E-state index >= 15 is 0 Å². The lowest BCUT2D eigenvalue weighted by Gasteiger charge is -2.30. The number of halogens is 3. The van der Waals surface area contributed by atoms with Crippen LogP contribution >= 0.6 is 0 Å². The first-order valence-corrected chi connectivity index (χ1v) is 13.6. The van der Waals surface area contributed by atoms with Crippen LogP contribution in [0.25, 0.3) is 28.1 Å². The van der Waals surface area contributed by atoms with Gasteiger partial charge in [0, 0.05) is 41.8 Å². The number of amides is 1. The Morgan fingerprint density at radius 2 is 1.80 bits per heavy atom. The average molecular weight is 552 g/mol. The molecule has 4 heterocycles. The number of carbonyl (C=O) groups is 1. The van der Waals surface area contributed by atoms with Gasteiger partial charge in [0.25, 0.3) is 5.91 Å². The third-order valence-electron chi connectivity index (χ3n) is 7.52. The fourth-order valence-corrected chi connectivity index (χ4v) is 5.63. The Hall–Kier alpha value is -3.57. The van der Waals surface area contributed by atoms with Gasteiger partial charge in [0.15, 0.2) is 11.5 Å². The number of pyridine rings is 2. The number of nitrogens with two attached hydrogens (primary N) is 1. The van der Waals surface area contributed by atoms with Gasteiger partial charge in [-0.3, -0.25) is 14.1 Å². The maximum absolute atomic E-state index is 14.3. The van der Waals surface area contributed by atoms with Crippen LogP contribution in [0.2, 0.25) is 0 Å². The zero-order valence-corrected chi connectivity index (χ0v) is 22.7. The first-order valence-electron chi connectivity index (χ1n) is 13.6. The second kappa shape index (κ2) is 9.52. The van der Waals surface area contributed by atoms with Gasteiger partial charge in [-0.25, -0.2) is 4.98 Å². The summed E-state index contributed by atoms with van der Waals surface area (Å²) >= 11 is 0. The van der Waals surface area contributed by atoms with Gasteiger partial charge in [-0.1, -0.05) is 18.2 Å². The monoisotopic (exact) mass is 551 g/mol. The van der Waals surface area contributed by atoms with Gasteiger partial charge in [0.05, 0.1) is 5.52 Å². The molecule has 1 amide bonds. The van der Waals surface area contributed by atoms with Crippen molar-refractivity contribution in [3.63, 3.8) is 0 Å². The molecule has 3 N–H and O–H groups in total. The maximum atomic E-state index is 14.3. The SMILES string of the molecule is CC(C)(C)NC(=O)c1ccc2ccc(-c3nnc4ccc(C(N5CCC(N)C5)C(F)(F)F)cn34)nc2c1C1CC1. The van der Waals surface area contributed by atoms with Gasteiger partial charge < -0.3 is 11.1 Å². The smallest absolute Gasteiger partial charge is 0.347 e. The van der Waals surface area contributed by atoms with Gasteiger partial charge in [-0.2, -0.15) is 13.2 Å². The zero-order chi connectivity index (χ0) is 28.4. The summed E-state index contributed by atoms with van der Waals surface area (Å²) in [5.41, 5.74) is 8.72. The van der Waals surface area contributed by atoms with Crippen LogP contribution in [-0.4, -0.2) is 61.2 Å². The van der Waals surface area contributed by atoms with Gasteiger partial charge in [-0.15, -0.1) is 10.2 Å². The highest BCUT2D eigenvalue weighted by molar-refractivity contribution is 6.01. The molecule has 2 atom stereocenters. The van der Waals surface area contributed by atoms with E-state index in [9.17, 15) is 18.0 Å². The second-order valence-corrected chi connectivity index (χ2v) is 12.0. The van der Waals surface area contributed by atoms with Crippen LogP contribution in [0.3, 0.4) is 0 Å². The number of likely N-dealkylation sites (tertiary alicyclic amines) is 1. The highest BCUT2D eigenvalue weighted by atomic mass is 19.4. The minimum atomic E-state index is -4.48. The lowest BCUT2D eigenvalue weighted by Crippen LogP contribution is -2.41. The highest BCUT2D eigenvalue weighted by Gasteiger charge is 2.46. The van der Waals surface area contributed by atoms with Crippen molar-refractivity contribution < 1.29 is 18.0 Å². The molecule has 2 fully saturated rings. The minimum Gasteiger partial charge on any atom is -0.347 e.